The van der Waals surface area contributed by atoms with Gasteiger partial charge >= 0.3 is 0 Å². The number of hydrogen-bond donors (Lipinski definition) is 5. The standard InChI is InChI=1S/C32H20N4O10/c1-46-17-10-16(37)19-20(24(17)38)26(40)22-21(25(19)39)28(42)32(29(22)43)5-2-13-8-14-9-15(35-31(45)18(14)27(41)23(13)32)11-34-36-30(44)12-3-6-33-7-4-12/h3-4,6-11,41-43H,2,5H2,1H3,(H,35,45)(H,36,44). The zero-order valence-corrected chi connectivity index (χ0v) is 23.6. The first-order valence-electron chi connectivity index (χ1n) is 13.7. The van der Waals surface area contributed by atoms with E-state index >= 15 is 0 Å². The number of ether oxygens (including phenoxy) is 1. The summed E-state index contributed by atoms with van der Waals surface area (Å²) in [5, 5.41) is 35.7. The average molecular weight is 621 g/mol. The van der Waals surface area contributed by atoms with Gasteiger partial charge in [-0.05, 0) is 42.0 Å². The summed E-state index contributed by atoms with van der Waals surface area (Å²) in [7, 11) is 1.11. The van der Waals surface area contributed by atoms with E-state index < -0.39 is 82.5 Å². The molecule has 228 valence electrons. The Labute approximate surface area is 253 Å². The van der Waals surface area contributed by atoms with Crippen molar-refractivity contribution in [2.24, 2.45) is 5.10 Å². The highest BCUT2D eigenvalue weighted by Gasteiger charge is 2.53. The number of phenols is 1. The summed E-state index contributed by atoms with van der Waals surface area (Å²) in [5.41, 5.74) is -4.00. The number of rotatable bonds is 4. The zero-order valence-electron chi connectivity index (χ0n) is 23.6. The van der Waals surface area contributed by atoms with Gasteiger partial charge in [-0.1, -0.05) is 6.07 Å². The van der Waals surface area contributed by atoms with Crippen molar-refractivity contribution in [3.63, 3.8) is 0 Å². The Morgan fingerprint density at radius 1 is 0.957 bits per heavy atom. The SMILES string of the molecule is COc1cc(=O)c2c(=O)c3c(c(=O)c=2c1=O)=C(O)C1(CCc2cc4cc(C=NNC(=O)c5ccncc5)[nH]c(=O)c4c(O)c21)C=3O. The molecule has 7 rings (SSSR count). The summed E-state index contributed by atoms with van der Waals surface area (Å²) < 4.78 is 4.89. The van der Waals surface area contributed by atoms with Crippen molar-refractivity contribution in [2.75, 3.05) is 7.11 Å². The van der Waals surface area contributed by atoms with Crippen LogP contribution in [0, 0.1) is 10.4 Å². The predicted molar refractivity (Wildman–Crippen MR) is 163 cm³/mol. The second-order valence-electron chi connectivity index (χ2n) is 10.9. The summed E-state index contributed by atoms with van der Waals surface area (Å²) in [6, 6.07) is 6.78. The van der Waals surface area contributed by atoms with Crippen LogP contribution in [0.3, 0.4) is 0 Å². The minimum Gasteiger partial charge on any atom is -0.510 e. The molecule has 3 aromatic rings. The van der Waals surface area contributed by atoms with Crippen LogP contribution in [-0.4, -0.2) is 44.5 Å². The van der Waals surface area contributed by atoms with Gasteiger partial charge in [-0.25, -0.2) is 5.43 Å². The molecular weight excluding hydrogens is 600 g/mol. The minimum atomic E-state index is -2.01. The van der Waals surface area contributed by atoms with Crippen LogP contribution in [0.2, 0.25) is 0 Å². The van der Waals surface area contributed by atoms with Gasteiger partial charge in [0.25, 0.3) is 11.5 Å². The summed E-state index contributed by atoms with van der Waals surface area (Å²) in [5.74, 6) is -3.18. The van der Waals surface area contributed by atoms with Crippen molar-refractivity contribution in [3.8, 4) is 11.5 Å². The lowest BCUT2D eigenvalue weighted by Crippen LogP contribution is -2.51. The third-order valence-electron chi connectivity index (χ3n) is 8.59. The van der Waals surface area contributed by atoms with Gasteiger partial charge in [0.1, 0.15) is 22.7 Å². The van der Waals surface area contributed by atoms with Gasteiger partial charge in [0.15, 0.2) is 11.2 Å². The quantitative estimate of drug-likeness (QED) is 0.117. The van der Waals surface area contributed by atoms with Gasteiger partial charge < -0.3 is 25.0 Å². The average Bonchev–Trinajstić information content (AvgIpc) is 3.53. The van der Waals surface area contributed by atoms with Crippen LogP contribution >= 0.6 is 0 Å². The number of hydrazone groups is 1. The lowest BCUT2D eigenvalue weighted by atomic mass is 9.78. The van der Waals surface area contributed by atoms with Gasteiger partial charge in [-0.2, -0.15) is 5.10 Å². The molecule has 1 aromatic carbocycles. The molecule has 5 N–H and O–H groups in total. The van der Waals surface area contributed by atoms with E-state index in [9.17, 15) is 44.1 Å². The second kappa shape index (κ2) is 9.79. The maximum Gasteiger partial charge on any atom is 0.271 e. The molecule has 0 saturated carbocycles. The molecule has 1 atom stereocenters. The number of pyridine rings is 2. The molecule has 46 heavy (non-hydrogen) atoms. The highest BCUT2D eigenvalue weighted by molar-refractivity contribution is 5.97. The molecule has 0 aliphatic heterocycles. The van der Waals surface area contributed by atoms with Gasteiger partial charge in [0, 0.05) is 29.6 Å². The van der Waals surface area contributed by atoms with Crippen LogP contribution in [0.15, 0.2) is 71.8 Å². The van der Waals surface area contributed by atoms with Gasteiger partial charge in [-0.3, -0.25) is 33.8 Å². The minimum absolute atomic E-state index is 0.104. The van der Waals surface area contributed by atoms with Crippen molar-refractivity contribution in [3.05, 3.63) is 137 Å². The number of H-pyrrole nitrogens is 1. The van der Waals surface area contributed by atoms with Crippen molar-refractivity contribution < 1.29 is 24.9 Å². The number of phenolic OH excluding ortho intramolecular Hbond substituents is 1. The van der Waals surface area contributed by atoms with Gasteiger partial charge in [-0.15, -0.1) is 0 Å². The van der Waals surface area contributed by atoms with E-state index in [2.05, 4.69) is 20.5 Å². The van der Waals surface area contributed by atoms with Crippen LogP contribution in [0.4, 0.5) is 0 Å². The second-order valence-corrected chi connectivity index (χ2v) is 10.9. The molecule has 4 aliphatic rings. The molecule has 2 aromatic heterocycles. The van der Waals surface area contributed by atoms with E-state index in [1.54, 1.807) is 6.07 Å². The molecule has 0 saturated heterocycles. The molecule has 4 aliphatic carbocycles. The third-order valence-corrected chi connectivity index (χ3v) is 8.59. The molecule has 1 spiro atoms. The first-order chi connectivity index (χ1) is 22.0. The fourth-order valence-corrected chi connectivity index (χ4v) is 6.57. The maximum absolute atomic E-state index is 13.6. The van der Waals surface area contributed by atoms with Crippen LogP contribution in [0.5, 0.6) is 11.5 Å². The van der Waals surface area contributed by atoms with Gasteiger partial charge in [0.2, 0.25) is 16.3 Å². The van der Waals surface area contributed by atoms with E-state index in [1.807, 2.05) is 0 Å². The van der Waals surface area contributed by atoms with E-state index in [4.69, 9.17) is 4.74 Å². The number of aromatic hydroxyl groups is 1. The van der Waals surface area contributed by atoms with Gasteiger partial charge in [0.05, 0.1) is 45.3 Å². The Bertz CT molecular complexity index is 2710. The summed E-state index contributed by atoms with van der Waals surface area (Å²) in [6.07, 6.45) is 4.07. The Kier molecular flexibility index (Phi) is 6.03. The number of aliphatic hydroxyl groups is 2. The van der Waals surface area contributed by atoms with Crippen LogP contribution < -0.4 is 47.9 Å². The topological polar surface area (TPSA) is 225 Å². The summed E-state index contributed by atoms with van der Waals surface area (Å²) in [4.78, 5) is 84.8. The van der Waals surface area contributed by atoms with Crippen molar-refractivity contribution in [1.82, 2.24) is 15.4 Å². The number of amides is 1. The molecule has 1 unspecified atom stereocenters. The first kappa shape index (κ1) is 28.3. The number of aliphatic hydroxyl groups excluding tert-OH is 2. The lowest BCUT2D eigenvalue weighted by Gasteiger charge is -2.27. The largest absolute Gasteiger partial charge is 0.510 e. The number of nitrogens with zero attached hydrogens (tertiary/aromatic N) is 2. The molecule has 0 bridgehead atoms. The van der Waals surface area contributed by atoms with Crippen molar-refractivity contribution >= 4 is 34.4 Å². The molecule has 14 nitrogen and oxygen atoms in total. The van der Waals surface area contributed by atoms with Crippen LogP contribution in [-0.2, 0) is 11.8 Å². The fourth-order valence-electron chi connectivity index (χ4n) is 6.57. The molecule has 1 amide bonds. The first-order valence-corrected chi connectivity index (χ1v) is 13.7. The van der Waals surface area contributed by atoms with E-state index in [0.717, 1.165) is 13.2 Å². The number of carbonyl (C=O) groups excluding carboxylic acids is 1. The third kappa shape index (κ3) is 3.63. The van der Waals surface area contributed by atoms with Crippen molar-refractivity contribution in [1.29, 1.82) is 0 Å². The number of methoxy groups -OCH3 is 1. The number of aromatic nitrogens is 2. The Balaban J connectivity index is 1.41. The number of aromatic amines is 1. The Morgan fingerprint density at radius 3 is 2.30 bits per heavy atom. The maximum atomic E-state index is 13.6. The number of fused-ring (bicyclic) bond motifs is 4. The highest BCUT2D eigenvalue weighted by Crippen LogP contribution is 2.54. The number of nitrogens with one attached hydrogen (secondary N) is 2. The fraction of sp³-hybridized carbons (Fsp3) is 0.125. The number of aryl methyl sites for hydroxylation is 1. The highest BCUT2D eigenvalue weighted by atomic mass is 16.5. The van der Waals surface area contributed by atoms with Crippen molar-refractivity contribution in [2.45, 2.75) is 18.3 Å². The Morgan fingerprint density at radius 2 is 1.63 bits per heavy atom. The molecule has 0 radical (unpaired) electrons. The molecule has 14 heteroatoms. The summed E-state index contributed by atoms with van der Waals surface area (Å²) in [6.45, 7) is 0. The van der Waals surface area contributed by atoms with E-state index in [1.165, 1.54) is 36.8 Å². The number of benzene rings is 1. The van der Waals surface area contributed by atoms with E-state index in [-0.39, 0.29) is 34.9 Å². The smallest absolute Gasteiger partial charge is 0.271 e. The Hall–Kier alpha value is -6.44. The molecular formula is C32H20N4O10. The monoisotopic (exact) mass is 620 g/mol. The lowest BCUT2D eigenvalue weighted by molar-refractivity contribution is 0.0955. The van der Waals surface area contributed by atoms with Crippen LogP contribution in [0.1, 0.15) is 33.6 Å². The normalized spacial score (nSPS) is 16.9. The summed E-state index contributed by atoms with van der Waals surface area (Å²) >= 11 is 0. The van der Waals surface area contributed by atoms with E-state index in [0.29, 0.717) is 11.1 Å². The van der Waals surface area contributed by atoms with Crippen LogP contribution in [0.25, 0.3) is 22.3 Å². The number of carbonyl (C=O) groups is 1. The predicted octanol–water partition coefficient (Wildman–Crippen LogP) is -1.33. The number of hydrogen-bond acceptors (Lipinski definition) is 12. The zero-order chi connectivity index (χ0) is 32.7. The molecule has 0 fully saturated rings. The molecule has 2 heterocycles.